The summed E-state index contributed by atoms with van der Waals surface area (Å²) in [5.41, 5.74) is 11.2. The molecule has 0 atom stereocenters. The molecule has 0 saturated carbocycles. The maximum atomic E-state index is 4.84. The minimum atomic E-state index is 0.883. The molecule has 0 fully saturated rings. The van der Waals surface area contributed by atoms with Crippen molar-refractivity contribution in [3.8, 4) is 22.8 Å². The molecule has 0 unspecified atom stereocenters. The normalized spacial score (nSPS) is 11.6. The third kappa shape index (κ3) is 2.69. The number of benzene rings is 3. The van der Waals surface area contributed by atoms with E-state index in [1.54, 1.807) is 0 Å². The predicted molar refractivity (Wildman–Crippen MR) is 116 cm³/mol. The molecule has 0 aliphatic heterocycles. The number of hydrogen-bond acceptors (Lipinski definition) is 2. The summed E-state index contributed by atoms with van der Waals surface area (Å²) in [4.78, 5) is 16.6. The van der Waals surface area contributed by atoms with Gasteiger partial charge in [-0.1, -0.05) is 30.3 Å². The lowest BCUT2D eigenvalue weighted by Crippen LogP contribution is -1.84. The first-order chi connectivity index (χ1) is 13.5. The largest absolute Gasteiger partial charge is 0.338 e. The van der Waals surface area contributed by atoms with E-state index in [0.29, 0.717) is 0 Å². The van der Waals surface area contributed by atoms with Gasteiger partial charge in [-0.2, -0.15) is 0 Å². The Kier molecular flexibility index (Phi) is 3.63. The highest BCUT2D eigenvalue weighted by Crippen LogP contribution is 2.28. The molecule has 4 heteroatoms. The molecule has 0 bridgehead atoms. The van der Waals surface area contributed by atoms with E-state index in [0.717, 1.165) is 44.8 Å². The summed E-state index contributed by atoms with van der Waals surface area (Å²) >= 11 is 0. The minimum absolute atomic E-state index is 0.883. The second-order valence-electron chi connectivity index (χ2n) is 7.71. The Labute approximate surface area is 163 Å². The molecule has 0 aliphatic carbocycles. The highest BCUT2D eigenvalue weighted by molar-refractivity contribution is 5.85. The van der Waals surface area contributed by atoms with Crippen molar-refractivity contribution in [1.29, 1.82) is 0 Å². The molecule has 3 aromatic carbocycles. The molecule has 138 valence electrons. The van der Waals surface area contributed by atoms with Crippen molar-refractivity contribution in [1.82, 2.24) is 19.9 Å². The van der Waals surface area contributed by atoms with Crippen molar-refractivity contribution < 1.29 is 0 Å². The van der Waals surface area contributed by atoms with Gasteiger partial charge >= 0.3 is 0 Å². The van der Waals surface area contributed by atoms with Gasteiger partial charge in [0.15, 0.2) is 0 Å². The summed E-state index contributed by atoms with van der Waals surface area (Å²) in [7, 11) is 0. The summed E-state index contributed by atoms with van der Waals surface area (Å²) in [6.45, 7) is 8.43. The standard InChI is InChI=1S/C24H22N4/c1-13-8-15(3)21-19(10-13)25-23(27-21)17-6-5-7-18(12-17)24-26-20-11-14(2)9-16(4)22(20)28-24/h5-12H,1-4H3,(H,25,27)(H,26,28). The van der Waals surface area contributed by atoms with Crippen molar-refractivity contribution in [2.75, 3.05) is 0 Å². The van der Waals surface area contributed by atoms with Crippen LogP contribution in [0.1, 0.15) is 22.3 Å². The second kappa shape index (κ2) is 6.06. The van der Waals surface area contributed by atoms with Gasteiger partial charge < -0.3 is 9.97 Å². The molecule has 0 saturated heterocycles. The first-order valence-corrected chi connectivity index (χ1v) is 9.53. The predicted octanol–water partition coefficient (Wildman–Crippen LogP) is 6.01. The lowest BCUT2D eigenvalue weighted by Gasteiger charge is -2.00. The fraction of sp³-hybridized carbons (Fsp3) is 0.167. The number of aromatic nitrogens is 4. The number of H-pyrrole nitrogens is 2. The Morgan fingerprint density at radius 3 is 1.54 bits per heavy atom. The maximum absolute atomic E-state index is 4.84. The number of aryl methyl sites for hydroxylation is 4. The third-order valence-corrected chi connectivity index (χ3v) is 5.25. The first kappa shape index (κ1) is 16.8. The molecule has 0 radical (unpaired) electrons. The Bertz CT molecular complexity index is 1250. The van der Waals surface area contributed by atoms with E-state index in [2.05, 4.69) is 86.2 Å². The Hall–Kier alpha value is -3.40. The smallest absolute Gasteiger partial charge is 0.138 e. The average molecular weight is 366 g/mol. The van der Waals surface area contributed by atoms with Gasteiger partial charge in [0, 0.05) is 11.1 Å². The molecule has 0 spiro atoms. The number of fused-ring (bicyclic) bond motifs is 2. The summed E-state index contributed by atoms with van der Waals surface area (Å²) in [5.74, 6) is 1.77. The summed E-state index contributed by atoms with van der Waals surface area (Å²) < 4.78 is 0. The third-order valence-electron chi connectivity index (χ3n) is 5.25. The van der Waals surface area contributed by atoms with Crippen LogP contribution in [0.15, 0.2) is 48.5 Å². The van der Waals surface area contributed by atoms with E-state index in [1.807, 2.05) is 0 Å². The maximum Gasteiger partial charge on any atom is 0.138 e. The van der Waals surface area contributed by atoms with Crippen LogP contribution in [0, 0.1) is 27.7 Å². The van der Waals surface area contributed by atoms with Crippen LogP contribution in [0.25, 0.3) is 44.8 Å². The van der Waals surface area contributed by atoms with Gasteiger partial charge in [0.2, 0.25) is 0 Å². The van der Waals surface area contributed by atoms with Crippen molar-refractivity contribution in [3.63, 3.8) is 0 Å². The minimum Gasteiger partial charge on any atom is -0.338 e. The molecule has 0 amide bonds. The van der Waals surface area contributed by atoms with Crippen molar-refractivity contribution in [2.24, 2.45) is 0 Å². The topological polar surface area (TPSA) is 57.4 Å². The highest BCUT2D eigenvalue weighted by atomic mass is 14.9. The van der Waals surface area contributed by atoms with Crippen LogP contribution in [-0.4, -0.2) is 19.9 Å². The Morgan fingerprint density at radius 1 is 0.607 bits per heavy atom. The zero-order chi connectivity index (χ0) is 19.4. The molecule has 5 aromatic rings. The van der Waals surface area contributed by atoms with Crippen molar-refractivity contribution in [3.05, 3.63) is 70.8 Å². The fourth-order valence-corrected chi connectivity index (χ4v) is 4.03. The highest BCUT2D eigenvalue weighted by Gasteiger charge is 2.12. The van der Waals surface area contributed by atoms with Crippen LogP contribution in [0.3, 0.4) is 0 Å². The van der Waals surface area contributed by atoms with Gasteiger partial charge in [0.05, 0.1) is 22.1 Å². The molecule has 4 nitrogen and oxygen atoms in total. The van der Waals surface area contributed by atoms with Crippen molar-refractivity contribution >= 4 is 22.1 Å². The van der Waals surface area contributed by atoms with Gasteiger partial charge in [0.25, 0.3) is 0 Å². The molecular formula is C24H22N4. The van der Waals surface area contributed by atoms with E-state index in [4.69, 9.17) is 9.97 Å². The van der Waals surface area contributed by atoms with Crippen LogP contribution in [0.2, 0.25) is 0 Å². The number of imidazole rings is 2. The fourth-order valence-electron chi connectivity index (χ4n) is 4.03. The van der Waals surface area contributed by atoms with Crippen LogP contribution in [-0.2, 0) is 0 Å². The van der Waals surface area contributed by atoms with E-state index in [9.17, 15) is 0 Å². The van der Waals surface area contributed by atoms with Gasteiger partial charge in [-0.15, -0.1) is 0 Å². The van der Waals surface area contributed by atoms with Gasteiger partial charge in [0.1, 0.15) is 11.6 Å². The van der Waals surface area contributed by atoms with Crippen molar-refractivity contribution in [2.45, 2.75) is 27.7 Å². The van der Waals surface area contributed by atoms with E-state index in [-0.39, 0.29) is 0 Å². The quantitative estimate of drug-likeness (QED) is 0.402. The second-order valence-corrected chi connectivity index (χ2v) is 7.71. The van der Waals surface area contributed by atoms with Crippen LogP contribution < -0.4 is 0 Å². The van der Waals surface area contributed by atoms with Gasteiger partial charge in [-0.05, 0) is 68.1 Å². The van der Waals surface area contributed by atoms with Crippen LogP contribution in [0.4, 0.5) is 0 Å². The monoisotopic (exact) mass is 366 g/mol. The number of nitrogens with zero attached hydrogens (tertiary/aromatic N) is 2. The van der Waals surface area contributed by atoms with Gasteiger partial charge in [-0.25, -0.2) is 9.97 Å². The SMILES string of the molecule is Cc1cc(C)c2nc(-c3cccc(-c4nc5c(C)cc(C)cc5[nH]4)c3)[nH]c2c1. The summed E-state index contributed by atoms with van der Waals surface area (Å²) in [6.07, 6.45) is 0. The van der Waals surface area contributed by atoms with Gasteiger partial charge in [-0.3, -0.25) is 0 Å². The Morgan fingerprint density at radius 2 is 1.07 bits per heavy atom. The molecule has 0 aliphatic rings. The molecular weight excluding hydrogens is 344 g/mol. The molecule has 2 N–H and O–H groups in total. The Balaban J connectivity index is 1.62. The molecule has 5 rings (SSSR count). The number of aromatic amines is 2. The molecule has 28 heavy (non-hydrogen) atoms. The zero-order valence-corrected chi connectivity index (χ0v) is 16.5. The lowest BCUT2D eigenvalue weighted by molar-refractivity contribution is 1.31. The number of nitrogens with one attached hydrogen (secondary N) is 2. The summed E-state index contributed by atoms with van der Waals surface area (Å²) in [6, 6.07) is 17.0. The van der Waals surface area contributed by atoms with E-state index < -0.39 is 0 Å². The molecule has 2 aromatic heterocycles. The average Bonchev–Trinajstić information content (AvgIpc) is 3.26. The zero-order valence-electron chi connectivity index (χ0n) is 16.5. The van der Waals surface area contributed by atoms with Crippen LogP contribution in [0.5, 0.6) is 0 Å². The van der Waals surface area contributed by atoms with Crippen LogP contribution >= 0.6 is 0 Å². The molecule has 2 heterocycles. The lowest BCUT2D eigenvalue weighted by atomic mass is 10.1. The number of hydrogen-bond donors (Lipinski definition) is 2. The summed E-state index contributed by atoms with van der Waals surface area (Å²) in [5, 5.41) is 0. The van der Waals surface area contributed by atoms with E-state index >= 15 is 0 Å². The van der Waals surface area contributed by atoms with E-state index in [1.165, 1.54) is 22.3 Å². The number of rotatable bonds is 2. The first-order valence-electron chi connectivity index (χ1n) is 9.53.